The summed E-state index contributed by atoms with van der Waals surface area (Å²) in [7, 11) is -8.26. The van der Waals surface area contributed by atoms with Gasteiger partial charge >= 0.3 is 17.9 Å². The van der Waals surface area contributed by atoms with Gasteiger partial charge in [-0.15, -0.1) is 0 Å². The molecule has 5 aromatic rings. The van der Waals surface area contributed by atoms with Crippen molar-refractivity contribution in [2.75, 3.05) is 121 Å². The summed E-state index contributed by atoms with van der Waals surface area (Å²) in [4.78, 5) is 70.5. The third-order valence-corrected chi connectivity index (χ3v) is 22.5. The molecule has 1 saturated heterocycles. The number of hydrogen-bond acceptors (Lipinski definition) is 15. The molecule has 26 heteroatoms. The number of unbranched alkanes of at least 4 members (excludes halogenated alkanes) is 9. The van der Waals surface area contributed by atoms with Gasteiger partial charge in [-0.3, -0.25) is 52.7 Å². The Labute approximate surface area is 663 Å². The molecule has 0 radical (unpaired) electrons. The number of carbonyl (C=O) groups is 5. The number of benzene rings is 5. The van der Waals surface area contributed by atoms with Crippen molar-refractivity contribution < 1.29 is 114 Å². The van der Waals surface area contributed by atoms with Crippen LogP contribution in [0.5, 0.6) is 5.75 Å². The Morgan fingerprint density at radius 2 is 1.03 bits per heavy atom. The number of amides is 2. The van der Waals surface area contributed by atoms with Gasteiger partial charge in [0.2, 0.25) is 17.5 Å². The molecular formula is C81H109GdN8O15S2+. The number of carboxylic acid groups (broad SMARTS) is 3. The van der Waals surface area contributed by atoms with E-state index in [2.05, 4.69) is 133 Å². The number of carboxylic acids is 3. The molecule has 5 aromatic carbocycles. The quantitative estimate of drug-likeness (QED) is 0.0110. The molecule has 3 heterocycles. The zero-order valence-electron chi connectivity index (χ0n) is 62.5. The summed E-state index contributed by atoms with van der Waals surface area (Å²) in [5.41, 5.74) is 8.68. The monoisotopic (exact) mass is 1660 g/mol. The van der Waals surface area contributed by atoms with E-state index >= 15 is 0 Å². The maximum atomic E-state index is 13.2. The van der Waals surface area contributed by atoms with Gasteiger partial charge in [-0.05, 0) is 152 Å². The van der Waals surface area contributed by atoms with Crippen LogP contribution in [0, 0.1) is 39.9 Å². The molecule has 107 heavy (non-hydrogen) atoms. The fraction of sp³-hybridized carbons (Fsp3) is 0.506. The van der Waals surface area contributed by atoms with Crippen LogP contribution in [0.2, 0.25) is 0 Å². The molecule has 0 spiro atoms. The summed E-state index contributed by atoms with van der Waals surface area (Å²) in [5, 5.41) is 39.2. The van der Waals surface area contributed by atoms with Gasteiger partial charge in [-0.25, -0.2) is 0 Å². The number of fused-ring (bicyclic) bond motifs is 6. The summed E-state index contributed by atoms with van der Waals surface area (Å²) < 4.78 is 76.1. The number of carbonyl (C=O) groups excluding carboxylic acids is 2. The molecular weight excluding hydrogens is 1550 g/mol. The molecule has 1 aliphatic carbocycles. The Bertz CT molecular complexity index is 4300. The molecule has 0 atom stereocenters. The predicted octanol–water partition coefficient (Wildman–Crippen LogP) is 11.1. The molecule has 23 nitrogen and oxygen atoms in total. The van der Waals surface area contributed by atoms with Crippen LogP contribution in [0.15, 0.2) is 144 Å². The number of hydrogen-bond donors (Lipinski definition) is 7. The third kappa shape index (κ3) is 25.6. The van der Waals surface area contributed by atoms with Gasteiger partial charge in [-0.1, -0.05) is 125 Å². The molecule has 9 rings (SSSR count). The summed E-state index contributed by atoms with van der Waals surface area (Å²) in [5.74, 6) is -2.46. The smallest absolute Gasteiger partial charge is 0.317 e. The number of nitrogens with zero attached hydrogens (tertiary/aromatic N) is 6. The van der Waals surface area contributed by atoms with Gasteiger partial charge in [0, 0.05) is 159 Å². The van der Waals surface area contributed by atoms with Gasteiger partial charge in [0.25, 0.3) is 20.2 Å². The predicted molar refractivity (Wildman–Crippen MR) is 416 cm³/mol. The van der Waals surface area contributed by atoms with Gasteiger partial charge in [0.15, 0.2) is 5.71 Å². The second kappa shape index (κ2) is 40.7. The van der Waals surface area contributed by atoms with E-state index in [0.29, 0.717) is 123 Å². The molecule has 1 fully saturated rings. The number of ether oxygens (including phenoxy) is 1. The van der Waals surface area contributed by atoms with Crippen LogP contribution in [0.3, 0.4) is 0 Å². The second-order valence-corrected chi connectivity index (χ2v) is 32.8. The van der Waals surface area contributed by atoms with Crippen LogP contribution >= 0.6 is 0 Å². The van der Waals surface area contributed by atoms with E-state index in [9.17, 15) is 65.2 Å². The minimum absolute atomic E-state index is 0. The zero-order valence-corrected chi connectivity index (χ0v) is 66.4. The fourth-order valence-corrected chi connectivity index (χ4v) is 16.5. The van der Waals surface area contributed by atoms with Crippen molar-refractivity contribution in [1.82, 2.24) is 30.2 Å². The van der Waals surface area contributed by atoms with E-state index in [0.717, 1.165) is 137 Å². The van der Waals surface area contributed by atoms with Crippen LogP contribution in [0.25, 0.3) is 21.5 Å². The van der Waals surface area contributed by atoms with E-state index in [1.807, 2.05) is 41.3 Å². The summed E-state index contributed by atoms with van der Waals surface area (Å²) in [6.07, 6.45) is 21.5. The zero-order chi connectivity index (χ0) is 76.0. The standard InChI is InChI=1S/C81H108N8O15S2.Gd/c1-80(2)70(88(44-17-19-54-105(98,99)100)68-37-31-61-22-11-13-26-66(61)77(68)80)39-33-63-24-21-25-64(34-40-71-81(3,4)78-67-27-14-12-23-62(67)32-38-69(78)89(71)45-18-20-55-106(101,102)103)79(63)104-65-35-28-60(29-36-65)30-41-72(90)82-42-15-9-7-5-6-8-10-16-43-83-73(91)56-84-46-48-85(57-74(92)93)50-52-87(59-76(96)97)53-51-86(49-47-84)58-75(94)95;/h11-14,22-23,26-29,31-40H,5-10,15-21,24-25,30,41-59H2,1-4H3,(H6-,82,83,90,91,92,93,94,95,96,97,98,99,100,101,102,103);/p+1. The Kier molecular flexibility index (Phi) is 32.7. The number of nitrogens with one attached hydrogen (secondary N) is 2. The average Bonchev–Trinajstić information content (AvgIpc) is 1.58. The molecule has 582 valence electrons. The first-order valence-electron chi connectivity index (χ1n) is 37.7. The molecule has 2 amide bonds. The normalized spacial score (nSPS) is 17.8. The first-order valence-corrected chi connectivity index (χ1v) is 40.9. The van der Waals surface area contributed by atoms with E-state index in [1.165, 1.54) is 11.1 Å². The van der Waals surface area contributed by atoms with Gasteiger partial charge in [0.05, 0.1) is 43.1 Å². The average molecular weight is 1660 g/mol. The van der Waals surface area contributed by atoms with Crippen LogP contribution in [0.4, 0.5) is 11.4 Å². The molecule has 0 aromatic heterocycles. The first kappa shape index (κ1) is 85.8. The number of rotatable bonds is 37. The number of anilines is 1. The SMILES string of the molecule is CC1(C)C(/C=C/C2=C(Oc3ccc(CCC(=O)NCCCCCCCCCCNC(=O)CN4CCN(CC(=O)O)CCN(CC(=O)O)CCN(CC(=O)O)CC4)cc3)C(=C/C=C3/N(CCCCS(=O)(=O)O)c4ccc5ccccc5c4C3(C)C)/CCC2)=[N+](CCCCS(=O)(=O)O)c2ccc3ccccc3c21.[Gd]. The fourth-order valence-electron chi connectivity index (χ4n) is 15.4. The van der Waals surface area contributed by atoms with Gasteiger partial charge in [-0.2, -0.15) is 21.4 Å². The largest absolute Gasteiger partial charge is 0.480 e. The van der Waals surface area contributed by atoms with E-state index < -0.39 is 49.0 Å². The molecule has 3 aliphatic heterocycles. The molecule has 0 saturated carbocycles. The van der Waals surface area contributed by atoms with Gasteiger partial charge in [0.1, 0.15) is 18.1 Å². The van der Waals surface area contributed by atoms with Crippen molar-refractivity contribution in [2.24, 2.45) is 0 Å². The first-order chi connectivity index (χ1) is 50.6. The molecule has 0 unspecified atom stereocenters. The molecule has 7 N–H and O–H groups in total. The Balaban J connectivity index is 0.0000144. The second-order valence-electron chi connectivity index (χ2n) is 29.6. The summed E-state index contributed by atoms with van der Waals surface area (Å²) in [6.45, 7) is 13.2. The summed E-state index contributed by atoms with van der Waals surface area (Å²) >= 11 is 0. The van der Waals surface area contributed by atoms with Crippen molar-refractivity contribution in [2.45, 2.75) is 148 Å². The maximum absolute atomic E-state index is 13.2. The number of aliphatic carboxylic acids is 3. The van der Waals surface area contributed by atoms with Crippen molar-refractivity contribution in [3.05, 3.63) is 161 Å². The van der Waals surface area contributed by atoms with E-state index in [1.54, 1.807) is 14.7 Å². The minimum atomic E-state index is -4.13. The van der Waals surface area contributed by atoms with Gasteiger partial charge < -0.3 is 35.6 Å². The Morgan fingerprint density at radius 1 is 0.533 bits per heavy atom. The van der Waals surface area contributed by atoms with E-state index in [4.69, 9.17) is 4.74 Å². The van der Waals surface area contributed by atoms with Crippen molar-refractivity contribution >= 4 is 88.6 Å². The molecule has 4 aliphatic rings. The maximum Gasteiger partial charge on any atom is 0.317 e. The minimum Gasteiger partial charge on any atom is -0.480 e. The number of aryl methyl sites for hydroxylation is 1. The van der Waals surface area contributed by atoms with Crippen LogP contribution < -0.4 is 20.3 Å². The molecule has 0 bridgehead atoms. The summed E-state index contributed by atoms with van der Waals surface area (Å²) in [6, 6.07) is 33.2. The Hall–Kier alpha value is -6.82. The third-order valence-electron chi connectivity index (χ3n) is 20.8. The van der Waals surface area contributed by atoms with Crippen molar-refractivity contribution in [1.29, 1.82) is 0 Å². The van der Waals surface area contributed by atoms with Crippen molar-refractivity contribution in [3.63, 3.8) is 0 Å². The van der Waals surface area contributed by atoms with E-state index in [-0.39, 0.29) is 89.4 Å². The van der Waals surface area contributed by atoms with Crippen LogP contribution in [-0.2, 0) is 61.5 Å². The van der Waals surface area contributed by atoms with Crippen LogP contribution in [-0.4, -0.2) is 217 Å². The Morgan fingerprint density at radius 3 is 1.57 bits per heavy atom. The number of allylic oxidation sites excluding steroid dienone is 7. The van der Waals surface area contributed by atoms with Crippen LogP contribution in [0.1, 0.15) is 147 Å². The topological polar surface area (TPSA) is 307 Å². The van der Waals surface area contributed by atoms with Crippen molar-refractivity contribution in [3.8, 4) is 5.75 Å².